The van der Waals surface area contributed by atoms with Gasteiger partial charge in [-0.3, -0.25) is 4.79 Å². The number of methoxy groups -OCH3 is 1. The van der Waals surface area contributed by atoms with Crippen molar-refractivity contribution in [2.75, 3.05) is 13.7 Å². The van der Waals surface area contributed by atoms with Crippen LogP contribution < -0.4 is 11.1 Å². The Morgan fingerprint density at radius 3 is 2.67 bits per heavy atom. The standard InChI is InChI=1S/C8H18N2O2/c1-4-7(9)8(11)10-6(2)5-12-3/h6-7H,4-5,9H2,1-3H3,(H,10,11). The van der Waals surface area contributed by atoms with E-state index in [1.54, 1.807) is 7.11 Å². The molecule has 4 heteroatoms. The van der Waals surface area contributed by atoms with Crippen molar-refractivity contribution in [1.29, 1.82) is 0 Å². The molecule has 2 unspecified atom stereocenters. The van der Waals surface area contributed by atoms with Gasteiger partial charge in [0.1, 0.15) is 0 Å². The number of carbonyl (C=O) groups is 1. The van der Waals surface area contributed by atoms with E-state index in [-0.39, 0.29) is 11.9 Å². The lowest BCUT2D eigenvalue weighted by molar-refractivity contribution is -0.123. The van der Waals surface area contributed by atoms with E-state index >= 15 is 0 Å². The molecule has 0 radical (unpaired) electrons. The summed E-state index contributed by atoms with van der Waals surface area (Å²) in [5.74, 6) is -0.109. The second-order valence-electron chi connectivity index (χ2n) is 2.88. The quantitative estimate of drug-likeness (QED) is 0.610. The van der Waals surface area contributed by atoms with Gasteiger partial charge in [-0.15, -0.1) is 0 Å². The molecule has 2 atom stereocenters. The van der Waals surface area contributed by atoms with Crippen molar-refractivity contribution in [3.63, 3.8) is 0 Å². The number of amides is 1. The van der Waals surface area contributed by atoms with Crippen molar-refractivity contribution in [2.45, 2.75) is 32.4 Å². The van der Waals surface area contributed by atoms with E-state index in [9.17, 15) is 4.79 Å². The van der Waals surface area contributed by atoms with E-state index in [2.05, 4.69) is 5.32 Å². The summed E-state index contributed by atoms with van der Waals surface area (Å²) in [4.78, 5) is 11.2. The molecule has 12 heavy (non-hydrogen) atoms. The molecule has 0 bridgehead atoms. The number of hydrogen-bond acceptors (Lipinski definition) is 3. The molecule has 1 amide bonds. The average Bonchev–Trinajstić information content (AvgIpc) is 2.03. The van der Waals surface area contributed by atoms with Crippen LogP contribution >= 0.6 is 0 Å². The summed E-state index contributed by atoms with van der Waals surface area (Å²) in [7, 11) is 1.60. The molecule has 0 aliphatic heterocycles. The predicted octanol–water partition coefficient (Wildman–Crippen LogP) is -0.125. The van der Waals surface area contributed by atoms with E-state index in [1.165, 1.54) is 0 Å². The first-order chi connectivity index (χ1) is 5.61. The van der Waals surface area contributed by atoms with Gasteiger partial charge in [-0.05, 0) is 13.3 Å². The largest absolute Gasteiger partial charge is 0.383 e. The third-order valence-corrected chi connectivity index (χ3v) is 1.58. The van der Waals surface area contributed by atoms with Crippen molar-refractivity contribution in [3.8, 4) is 0 Å². The Balaban J connectivity index is 3.67. The maximum absolute atomic E-state index is 11.2. The number of carbonyl (C=O) groups excluding carboxylic acids is 1. The minimum absolute atomic E-state index is 0.0279. The number of hydrogen-bond donors (Lipinski definition) is 2. The molecule has 0 aromatic heterocycles. The van der Waals surface area contributed by atoms with Gasteiger partial charge in [0.05, 0.1) is 12.6 Å². The van der Waals surface area contributed by atoms with Crippen LogP contribution in [0.3, 0.4) is 0 Å². The molecule has 72 valence electrons. The van der Waals surface area contributed by atoms with Gasteiger partial charge >= 0.3 is 0 Å². The second-order valence-corrected chi connectivity index (χ2v) is 2.88. The minimum Gasteiger partial charge on any atom is -0.383 e. The van der Waals surface area contributed by atoms with Gasteiger partial charge in [0.2, 0.25) is 5.91 Å². The number of nitrogens with two attached hydrogens (primary N) is 1. The lowest BCUT2D eigenvalue weighted by Gasteiger charge is -2.15. The van der Waals surface area contributed by atoms with Crippen LogP contribution in [0.5, 0.6) is 0 Å². The smallest absolute Gasteiger partial charge is 0.237 e. The van der Waals surface area contributed by atoms with Crippen LogP contribution in [0.1, 0.15) is 20.3 Å². The molecular weight excluding hydrogens is 156 g/mol. The fraction of sp³-hybridized carbons (Fsp3) is 0.875. The zero-order valence-electron chi connectivity index (χ0n) is 7.96. The Morgan fingerprint density at radius 1 is 1.67 bits per heavy atom. The molecule has 0 spiro atoms. The van der Waals surface area contributed by atoms with Crippen LogP contribution in [0.25, 0.3) is 0 Å². The lowest BCUT2D eigenvalue weighted by Crippen LogP contribution is -2.45. The third-order valence-electron chi connectivity index (χ3n) is 1.58. The summed E-state index contributed by atoms with van der Waals surface area (Å²) in [5.41, 5.74) is 5.51. The SMILES string of the molecule is CCC(N)C(=O)NC(C)COC. The Morgan fingerprint density at radius 2 is 2.25 bits per heavy atom. The van der Waals surface area contributed by atoms with Crippen LogP contribution in [0, 0.1) is 0 Å². The van der Waals surface area contributed by atoms with Gasteiger partial charge in [-0.2, -0.15) is 0 Å². The van der Waals surface area contributed by atoms with E-state index < -0.39 is 6.04 Å². The molecule has 0 aliphatic rings. The fourth-order valence-electron chi connectivity index (χ4n) is 0.827. The first kappa shape index (κ1) is 11.4. The topological polar surface area (TPSA) is 64.4 Å². The minimum atomic E-state index is -0.399. The molecule has 4 nitrogen and oxygen atoms in total. The van der Waals surface area contributed by atoms with Crippen LogP contribution in [-0.2, 0) is 9.53 Å². The molecule has 0 rings (SSSR count). The second kappa shape index (κ2) is 5.97. The van der Waals surface area contributed by atoms with Crippen molar-refractivity contribution in [3.05, 3.63) is 0 Å². The maximum Gasteiger partial charge on any atom is 0.237 e. The van der Waals surface area contributed by atoms with Crippen molar-refractivity contribution in [1.82, 2.24) is 5.32 Å². The summed E-state index contributed by atoms with van der Waals surface area (Å²) < 4.78 is 4.86. The highest BCUT2D eigenvalue weighted by molar-refractivity contribution is 5.81. The monoisotopic (exact) mass is 174 g/mol. The Kier molecular flexibility index (Phi) is 5.66. The molecule has 0 heterocycles. The van der Waals surface area contributed by atoms with Gasteiger partial charge in [-0.25, -0.2) is 0 Å². The van der Waals surface area contributed by atoms with E-state index in [4.69, 9.17) is 10.5 Å². The first-order valence-electron chi connectivity index (χ1n) is 4.16. The first-order valence-corrected chi connectivity index (χ1v) is 4.16. The molecule has 0 saturated heterocycles. The normalized spacial score (nSPS) is 15.3. The molecule has 0 aromatic rings. The van der Waals surface area contributed by atoms with Crippen LogP contribution in [-0.4, -0.2) is 31.7 Å². The fourth-order valence-corrected chi connectivity index (χ4v) is 0.827. The molecule has 0 aliphatic carbocycles. The molecule has 0 fully saturated rings. The van der Waals surface area contributed by atoms with Gasteiger partial charge in [-0.1, -0.05) is 6.92 Å². The van der Waals surface area contributed by atoms with Gasteiger partial charge in [0.15, 0.2) is 0 Å². The zero-order chi connectivity index (χ0) is 9.56. The molecular formula is C8H18N2O2. The van der Waals surface area contributed by atoms with Crippen LogP contribution in [0.2, 0.25) is 0 Å². The lowest BCUT2D eigenvalue weighted by atomic mass is 10.2. The summed E-state index contributed by atoms with van der Waals surface area (Å²) in [6.07, 6.45) is 0.658. The molecule has 3 N–H and O–H groups in total. The number of rotatable bonds is 5. The Bertz CT molecular complexity index is 139. The molecule has 0 aromatic carbocycles. The Hall–Kier alpha value is -0.610. The maximum atomic E-state index is 11.2. The third kappa shape index (κ3) is 4.31. The van der Waals surface area contributed by atoms with Gasteiger partial charge in [0, 0.05) is 13.2 Å². The highest BCUT2D eigenvalue weighted by Gasteiger charge is 2.12. The predicted molar refractivity (Wildman–Crippen MR) is 47.7 cm³/mol. The average molecular weight is 174 g/mol. The van der Waals surface area contributed by atoms with Crippen LogP contribution in [0.4, 0.5) is 0 Å². The van der Waals surface area contributed by atoms with Crippen molar-refractivity contribution in [2.24, 2.45) is 5.73 Å². The van der Waals surface area contributed by atoms with Crippen molar-refractivity contribution < 1.29 is 9.53 Å². The summed E-state index contributed by atoms with van der Waals surface area (Å²) in [6.45, 7) is 4.27. The molecule has 0 saturated carbocycles. The Labute approximate surface area is 73.5 Å². The summed E-state index contributed by atoms with van der Waals surface area (Å²) in [5, 5.41) is 2.74. The summed E-state index contributed by atoms with van der Waals surface area (Å²) in [6, 6.07) is -0.371. The van der Waals surface area contributed by atoms with Gasteiger partial charge < -0.3 is 15.8 Å². The van der Waals surface area contributed by atoms with E-state index in [1.807, 2.05) is 13.8 Å². The van der Waals surface area contributed by atoms with Gasteiger partial charge in [0.25, 0.3) is 0 Å². The van der Waals surface area contributed by atoms with E-state index in [0.29, 0.717) is 13.0 Å². The van der Waals surface area contributed by atoms with E-state index in [0.717, 1.165) is 0 Å². The highest BCUT2D eigenvalue weighted by Crippen LogP contribution is 1.88. The van der Waals surface area contributed by atoms with Crippen molar-refractivity contribution >= 4 is 5.91 Å². The highest BCUT2D eigenvalue weighted by atomic mass is 16.5. The number of nitrogens with one attached hydrogen (secondary N) is 1. The summed E-state index contributed by atoms with van der Waals surface area (Å²) >= 11 is 0. The number of ether oxygens (including phenoxy) is 1. The van der Waals surface area contributed by atoms with Crippen LogP contribution in [0.15, 0.2) is 0 Å². The zero-order valence-corrected chi connectivity index (χ0v) is 7.96.